The lowest BCUT2D eigenvalue weighted by Crippen LogP contribution is -2.20. The van der Waals surface area contributed by atoms with Crippen LogP contribution in [0.5, 0.6) is 0 Å². The first-order valence-corrected chi connectivity index (χ1v) is 6.07. The highest BCUT2D eigenvalue weighted by Crippen LogP contribution is 2.17. The van der Waals surface area contributed by atoms with Crippen LogP contribution in [0, 0.1) is 5.82 Å². The van der Waals surface area contributed by atoms with E-state index in [4.69, 9.17) is 0 Å². The molecule has 19 heavy (non-hydrogen) atoms. The number of pyridine rings is 1. The van der Waals surface area contributed by atoms with Crippen molar-refractivity contribution in [2.24, 2.45) is 0 Å². The molecule has 0 aromatic carbocycles. The van der Waals surface area contributed by atoms with Gasteiger partial charge in [-0.1, -0.05) is 6.07 Å². The Morgan fingerprint density at radius 2 is 2.21 bits per heavy atom. The highest BCUT2D eigenvalue weighted by atomic mass is 19.1. The molecule has 5 nitrogen and oxygen atoms in total. The molecular weight excluding hydrogens is 245 g/mol. The third-order valence-corrected chi connectivity index (χ3v) is 2.56. The van der Waals surface area contributed by atoms with Gasteiger partial charge in [-0.3, -0.25) is 4.98 Å². The number of nitrogens with zero attached hydrogens (tertiary/aromatic N) is 4. The second-order valence-corrected chi connectivity index (χ2v) is 4.11. The van der Waals surface area contributed by atoms with Crippen LogP contribution < -0.4 is 10.2 Å². The van der Waals surface area contributed by atoms with Crippen LogP contribution in [-0.2, 0) is 6.54 Å². The summed E-state index contributed by atoms with van der Waals surface area (Å²) in [6, 6.07) is 3.79. The second kappa shape index (κ2) is 6.08. The zero-order valence-electron chi connectivity index (χ0n) is 11.0. The van der Waals surface area contributed by atoms with E-state index in [1.165, 1.54) is 6.20 Å². The molecule has 0 unspecified atom stereocenters. The van der Waals surface area contributed by atoms with Gasteiger partial charge in [-0.15, -0.1) is 0 Å². The molecular formula is C13H16FN5. The second-order valence-electron chi connectivity index (χ2n) is 4.11. The first kappa shape index (κ1) is 13.2. The lowest BCUT2D eigenvalue weighted by Gasteiger charge is -2.19. The molecule has 0 spiro atoms. The predicted molar refractivity (Wildman–Crippen MR) is 72.5 cm³/mol. The Morgan fingerprint density at radius 1 is 1.37 bits per heavy atom. The van der Waals surface area contributed by atoms with E-state index in [1.807, 2.05) is 19.1 Å². The number of nitrogens with one attached hydrogen (secondary N) is 1. The van der Waals surface area contributed by atoms with Crippen LogP contribution >= 0.6 is 0 Å². The quantitative estimate of drug-likeness (QED) is 0.893. The van der Waals surface area contributed by atoms with Crippen molar-refractivity contribution in [2.75, 3.05) is 23.8 Å². The molecule has 0 saturated carbocycles. The Balaban J connectivity index is 2.18. The van der Waals surface area contributed by atoms with Crippen molar-refractivity contribution in [3.8, 4) is 0 Å². The summed E-state index contributed by atoms with van der Waals surface area (Å²) in [5.74, 6) is 0.264. The van der Waals surface area contributed by atoms with Crippen molar-refractivity contribution in [3.63, 3.8) is 0 Å². The molecule has 2 rings (SSSR count). The molecule has 100 valence electrons. The molecule has 1 N–H and O–H groups in total. The van der Waals surface area contributed by atoms with Crippen molar-refractivity contribution in [1.82, 2.24) is 15.0 Å². The zero-order valence-corrected chi connectivity index (χ0v) is 11.0. The minimum Gasteiger partial charge on any atom is -0.354 e. The Morgan fingerprint density at radius 3 is 2.89 bits per heavy atom. The molecule has 0 radical (unpaired) electrons. The van der Waals surface area contributed by atoms with Gasteiger partial charge in [0.25, 0.3) is 0 Å². The van der Waals surface area contributed by atoms with Gasteiger partial charge in [0.15, 0.2) is 11.6 Å². The van der Waals surface area contributed by atoms with Gasteiger partial charge < -0.3 is 10.2 Å². The highest BCUT2D eigenvalue weighted by Gasteiger charge is 2.11. The summed E-state index contributed by atoms with van der Waals surface area (Å²) in [7, 11) is 1.79. The fraction of sp³-hybridized carbons (Fsp3) is 0.308. The summed E-state index contributed by atoms with van der Waals surface area (Å²) >= 11 is 0. The number of hydrogen-bond acceptors (Lipinski definition) is 5. The summed E-state index contributed by atoms with van der Waals surface area (Å²) in [5.41, 5.74) is 0.994. The maximum absolute atomic E-state index is 13.8. The molecule has 0 aliphatic heterocycles. The molecule has 2 heterocycles. The molecule has 0 fully saturated rings. The van der Waals surface area contributed by atoms with Crippen LogP contribution in [0.25, 0.3) is 0 Å². The Bertz CT molecular complexity index is 532. The molecule has 0 saturated heterocycles. The summed E-state index contributed by atoms with van der Waals surface area (Å²) in [6.45, 7) is 3.16. The third-order valence-electron chi connectivity index (χ3n) is 2.56. The van der Waals surface area contributed by atoms with Crippen LogP contribution in [0.4, 0.5) is 16.2 Å². The molecule has 2 aromatic rings. The van der Waals surface area contributed by atoms with Gasteiger partial charge in [0.1, 0.15) is 0 Å². The maximum Gasteiger partial charge on any atom is 0.224 e. The minimum absolute atomic E-state index is 0.273. The number of hydrogen-bond donors (Lipinski definition) is 1. The third kappa shape index (κ3) is 3.37. The molecule has 0 bridgehead atoms. The van der Waals surface area contributed by atoms with Gasteiger partial charge in [0.05, 0.1) is 6.20 Å². The summed E-state index contributed by atoms with van der Waals surface area (Å²) in [4.78, 5) is 13.8. The van der Waals surface area contributed by atoms with Crippen molar-refractivity contribution in [1.29, 1.82) is 0 Å². The number of halogens is 1. The highest BCUT2D eigenvalue weighted by molar-refractivity contribution is 5.43. The smallest absolute Gasteiger partial charge is 0.224 e. The van der Waals surface area contributed by atoms with Gasteiger partial charge in [0.2, 0.25) is 5.95 Å². The van der Waals surface area contributed by atoms with E-state index < -0.39 is 5.82 Å². The van der Waals surface area contributed by atoms with Crippen molar-refractivity contribution >= 4 is 11.8 Å². The van der Waals surface area contributed by atoms with Gasteiger partial charge >= 0.3 is 0 Å². The zero-order chi connectivity index (χ0) is 13.7. The van der Waals surface area contributed by atoms with E-state index >= 15 is 0 Å². The monoisotopic (exact) mass is 261 g/mol. The van der Waals surface area contributed by atoms with E-state index in [2.05, 4.69) is 20.3 Å². The van der Waals surface area contributed by atoms with Crippen LogP contribution in [0.2, 0.25) is 0 Å². The molecule has 6 heteroatoms. The summed E-state index contributed by atoms with van der Waals surface area (Å²) < 4.78 is 13.8. The number of rotatable bonds is 5. The predicted octanol–water partition coefficient (Wildman–Crippen LogP) is 2.08. The van der Waals surface area contributed by atoms with Crippen LogP contribution in [0.1, 0.15) is 12.5 Å². The average Bonchev–Trinajstić information content (AvgIpc) is 2.42. The summed E-state index contributed by atoms with van der Waals surface area (Å²) in [5, 5.41) is 2.97. The van der Waals surface area contributed by atoms with Crippen molar-refractivity contribution in [2.45, 2.75) is 13.5 Å². The minimum atomic E-state index is -0.437. The SMILES string of the molecule is CCNc1ncc(F)c(N(C)Cc2cccnc2)n1. The van der Waals surface area contributed by atoms with Crippen molar-refractivity contribution in [3.05, 3.63) is 42.1 Å². The van der Waals surface area contributed by atoms with E-state index in [9.17, 15) is 4.39 Å². The summed E-state index contributed by atoms with van der Waals surface area (Å²) in [6.07, 6.45) is 4.64. The molecule has 0 atom stereocenters. The number of anilines is 2. The normalized spacial score (nSPS) is 10.3. The Hall–Kier alpha value is -2.24. The fourth-order valence-corrected chi connectivity index (χ4v) is 1.71. The maximum atomic E-state index is 13.8. The largest absolute Gasteiger partial charge is 0.354 e. The van der Waals surface area contributed by atoms with Crippen molar-refractivity contribution < 1.29 is 4.39 Å². The van der Waals surface area contributed by atoms with E-state index in [0.717, 1.165) is 5.56 Å². The van der Waals surface area contributed by atoms with Gasteiger partial charge in [0, 0.05) is 32.5 Å². The molecule has 0 aliphatic rings. The molecule has 0 amide bonds. The lowest BCUT2D eigenvalue weighted by molar-refractivity contribution is 0.607. The van der Waals surface area contributed by atoms with Crippen LogP contribution in [0.15, 0.2) is 30.7 Å². The average molecular weight is 261 g/mol. The Kier molecular flexibility index (Phi) is 4.22. The van der Waals surface area contributed by atoms with Crippen LogP contribution in [-0.4, -0.2) is 28.5 Å². The Labute approximate surface area is 111 Å². The van der Waals surface area contributed by atoms with Gasteiger partial charge in [-0.2, -0.15) is 4.98 Å². The van der Waals surface area contributed by atoms with E-state index in [0.29, 0.717) is 19.0 Å². The lowest BCUT2D eigenvalue weighted by atomic mass is 10.3. The molecule has 2 aromatic heterocycles. The fourth-order valence-electron chi connectivity index (χ4n) is 1.71. The van der Waals surface area contributed by atoms with Gasteiger partial charge in [-0.25, -0.2) is 9.37 Å². The first-order valence-electron chi connectivity index (χ1n) is 6.07. The number of aromatic nitrogens is 3. The molecule has 0 aliphatic carbocycles. The van der Waals surface area contributed by atoms with Crippen LogP contribution in [0.3, 0.4) is 0 Å². The van der Waals surface area contributed by atoms with E-state index in [1.54, 1.807) is 24.3 Å². The van der Waals surface area contributed by atoms with E-state index in [-0.39, 0.29) is 5.82 Å². The standard InChI is InChI=1S/C13H16FN5/c1-3-16-13-17-8-11(14)12(18-13)19(2)9-10-5-4-6-15-7-10/h4-8H,3,9H2,1-2H3,(H,16,17,18). The van der Waals surface area contributed by atoms with Gasteiger partial charge in [-0.05, 0) is 18.6 Å². The first-order chi connectivity index (χ1) is 9.20. The topological polar surface area (TPSA) is 53.9 Å².